The van der Waals surface area contributed by atoms with Gasteiger partial charge in [0.15, 0.2) is 0 Å². The highest BCUT2D eigenvalue weighted by atomic mass is 32.2. The van der Waals surface area contributed by atoms with Gasteiger partial charge < -0.3 is 9.84 Å². The number of benzene rings is 1. The SMILES string of the molecule is O=C(CCc1nc(-c2ccncc2)no1)Nc1ccc(SC2CCCC2)cc1. The lowest BCUT2D eigenvalue weighted by atomic mass is 10.2. The Morgan fingerprint density at radius 2 is 1.86 bits per heavy atom. The fraction of sp³-hybridized carbons (Fsp3) is 0.333. The number of hydrogen-bond donors (Lipinski definition) is 1. The van der Waals surface area contributed by atoms with Crippen LogP contribution in [0, 0.1) is 0 Å². The third kappa shape index (κ3) is 4.98. The van der Waals surface area contributed by atoms with Gasteiger partial charge in [-0.15, -0.1) is 11.8 Å². The quantitative estimate of drug-likeness (QED) is 0.623. The summed E-state index contributed by atoms with van der Waals surface area (Å²) in [6, 6.07) is 11.7. The van der Waals surface area contributed by atoms with Gasteiger partial charge in [-0.25, -0.2) is 0 Å². The second kappa shape index (κ2) is 9.01. The summed E-state index contributed by atoms with van der Waals surface area (Å²) < 4.78 is 5.23. The molecule has 0 saturated heterocycles. The third-order valence-electron chi connectivity index (χ3n) is 4.72. The Labute approximate surface area is 168 Å². The van der Waals surface area contributed by atoms with E-state index in [1.165, 1.54) is 30.6 Å². The predicted molar refractivity (Wildman–Crippen MR) is 109 cm³/mol. The maximum atomic E-state index is 12.2. The molecule has 144 valence electrons. The molecule has 0 atom stereocenters. The normalized spacial score (nSPS) is 14.3. The number of rotatable bonds is 7. The Hall–Kier alpha value is -2.67. The topological polar surface area (TPSA) is 80.9 Å². The Kier molecular flexibility index (Phi) is 6.01. The summed E-state index contributed by atoms with van der Waals surface area (Å²) >= 11 is 1.94. The predicted octanol–water partition coefficient (Wildman–Crippen LogP) is 4.74. The number of nitrogens with zero attached hydrogens (tertiary/aromatic N) is 3. The van der Waals surface area contributed by atoms with Crippen LogP contribution >= 0.6 is 11.8 Å². The highest BCUT2D eigenvalue weighted by Gasteiger charge is 2.16. The van der Waals surface area contributed by atoms with E-state index in [2.05, 4.69) is 32.6 Å². The molecule has 7 heteroatoms. The van der Waals surface area contributed by atoms with Gasteiger partial charge in [-0.05, 0) is 49.2 Å². The molecule has 0 bridgehead atoms. The van der Waals surface area contributed by atoms with Gasteiger partial charge in [0.25, 0.3) is 0 Å². The van der Waals surface area contributed by atoms with E-state index in [1.54, 1.807) is 12.4 Å². The summed E-state index contributed by atoms with van der Waals surface area (Å²) in [5.41, 5.74) is 1.65. The van der Waals surface area contributed by atoms with Crippen molar-refractivity contribution in [3.8, 4) is 11.4 Å². The average Bonchev–Trinajstić information content (AvgIpc) is 3.41. The molecule has 6 nitrogen and oxygen atoms in total. The van der Waals surface area contributed by atoms with Crippen molar-refractivity contribution in [3.05, 3.63) is 54.7 Å². The fourth-order valence-corrected chi connectivity index (χ4v) is 4.48. The minimum Gasteiger partial charge on any atom is -0.339 e. The standard InChI is InChI=1S/C21H22N4O2S/c26-19(9-10-20-24-21(25-27-20)15-11-13-22-14-12-15)23-16-5-7-18(8-6-16)28-17-3-1-2-4-17/h5-8,11-14,17H,1-4,9-10H2,(H,23,26). The molecule has 4 rings (SSSR count). The van der Waals surface area contributed by atoms with E-state index in [1.807, 2.05) is 36.0 Å². The van der Waals surface area contributed by atoms with Crippen LogP contribution in [-0.4, -0.2) is 26.3 Å². The number of pyridine rings is 1. The molecule has 1 fully saturated rings. The molecule has 28 heavy (non-hydrogen) atoms. The van der Waals surface area contributed by atoms with E-state index in [0.717, 1.165) is 16.5 Å². The number of aromatic nitrogens is 3. The first kappa shape index (κ1) is 18.7. The maximum absolute atomic E-state index is 12.2. The molecule has 1 amide bonds. The number of nitrogens with one attached hydrogen (secondary N) is 1. The van der Waals surface area contributed by atoms with Gasteiger partial charge in [-0.1, -0.05) is 18.0 Å². The monoisotopic (exact) mass is 394 g/mol. The first-order valence-electron chi connectivity index (χ1n) is 9.56. The van der Waals surface area contributed by atoms with Crippen molar-refractivity contribution in [2.75, 3.05) is 5.32 Å². The zero-order chi connectivity index (χ0) is 19.2. The first-order chi connectivity index (χ1) is 13.8. The van der Waals surface area contributed by atoms with Gasteiger partial charge in [0, 0.05) is 46.6 Å². The Balaban J connectivity index is 1.26. The van der Waals surface area contributed by atoms with Crippen molar-refractivity contribution in [2.24, 2.45) is 0 Å². The van der Waals surface area contributed by atoms with Crippen LogP contribution in [0.15, 0.2) is 58.2 Å². The highest BCUT2D eigenvalue weighted by molar-refractivity contribution is 8.00. The summed E-state index contributed by atoms with van der Waals surface area (Å²) in [4.78, 5) is 21.8. The number of amides is 1. The molecule has 0 unspecified atom stereocenters. The summed E-state index contributed by atoms with van der Waals surface area (Å²) in [5, 5.41) is 7.62. The van der Waals surface area contributed by atoms with E-state index < -0.39 is 0 Å². The lowest BCUT2D eigenvalue weighted by Crippen LogP contribution is -2.12. The van der Waals surface area contributed by atoms with Crippen LogP contribution in [0.3, 0.4) is 0 Å². The molecule has 0 radical (unpaired) electrons. The maximum Gasteiger partial charge on any atom is 0.227 e. The van der Waals surface area contributed by atoms with Crippen LogP contribution in [0.2, 0.25) is 0 Å². The second-order valence-corrected chi connectivity index (χ2v) is 8.22. The largest absolute Gasteiger partial charge is 0.339 e. The Morgan fingerprint density at radius 3 is 2.61 bits per heavy atom. The van der Waals surface area contributed by atoms with Crippen LogP contribution in [-0.2, 0) is 11.2 Å². The van der Waals surface area contributed by atoms with Gasteiger partial charge in [-0.2, -0.15) is 4.98 Å². The van der Waals surface area contributed by atoms with Crippen LogP contribution in [0.5, 0.6) is 0 Å². The summed E-state index contributed by atoms with van der Waals surface area (Å²) in [7, 11) is 0. The number of carbonyl (C=O) groups excluding carboxylic acids is 1. The molecule has 1 aromatic carbocycles. The first-order valence-corrected chi connectivity index (χ1v) is 10.4. The van der Waals surface area contributed by atoms with Gasteiger partial charge in [0.2, 0.25) is 17.6 Å². The van der Waals surface area contributed by atoms with Crippen molar-refractivity contribution in [3.63, 3.8) is 0 Å². The fourth-order valence-electron chi connectivity index (χ4n) is 3.23. The lowest BCUT2D eigenvalue weighted by molar-refractivity contribution is -0.116. The Morgan fingerprint density at radius 1 is 1.11 bits per heavy atom. The molecule has 1 aliphatic rings. The van der Waals surface area contributed by atoms with Crippen molar-refractivity contribution >= 4 is 23.4 Å². The summed E-state index contributed by atoms with van der Waals surface area (Å²) in [6.45, 7) is 0. The number of aryl methyl sites for hydroxylation is 1. The van der Waals surface area contributed by atoms with Crippen LogP contribution in [0.1, 0.15) is 38.0 Å². The smallest absolute Gasteiger partial charge is 0.227 e. The van der Waals surface area contributed by atoms with Crippen molar-refractivity contribution in [1.82, 2.24) is 15.1 Å². The van der Waals surface area contributed by atoms with Gasteiger partial charge in [0.05, 0.1) is 0 Å². The molecular formula is C21H22N4O2S. The van der Waals surface area contributed by atoms with E-state index >= 15 is 0 Å². The van der Waals surface area contributed by atoms with E-state index in [4.69, 9.17) is 4.52 Å². The molecule has 1 saturated carbocycles. The number of hydrogen-bond acceptors (Lipinski definition) is 6. The minimum absolute atomic E-state index is 0.0696. The highest BCUT2D eigenvalue weighted by Crippen LogP contribution is 2.34. The number of thioether (sulfide) groups is 1. The van der Waals surface area contributed by atoms with Crippen molar-refractivity contribution < 1.29 is 9.32 Å². The van der Waals surface area contributed by atoms with Gasteiger partial charge >= 0.3 is 0 Å². The van der Waals surface area contributed by atoms with Crippen molar-refractivity contribution in [1.29, 1.82) is 0 Å². The lowest BCUT2D eigenvalue weighted by Gasteiger charge is -2.09. The van der Waals surface area contributed by atoms with Crippen molar-refractivity contribution in [2.45, 2.75) is 48.7 Å². The number of anilines is 1. The zero-order valence-electron chi connectivity index (χ0n) is 15.5. The van der Waals surface area contributed by atoms with Crippen LogP contribution in [0.25, 0.3) is 11.4 Å². The molecule has 1 aliphatic carbocycles. The minimum atomic E-state index is -0.0696. The molecule has 3 aromatic rings. The molecule has 0 aliphatic heterocycles. The van der Waals surface area contributed by atoms with Gasteiger partial charge in [-0.3, -0.25) is 9.78 Å². The summed E-state index contributed by atoms with van der Waals surface area (Å²) in [5.74, 6) is 0.887. The van der Waals surface area contributed by atoms with Crippen LogP contribution < -0.4 is 5.32 Å². The van der Waals surface area contributed by atoms with E-state index in [0.29, 0.717) is 18.1 Å². The zero-order valence-corrected chi connectivity index (χ0v) is 16.3. The molecule has 0 spiro atoms. The second-order valence-electron chi connectivity index (χ2n) is 6.84. The summed E-state index contributed by atoms with van der Waals surface area (Å²) in [6.07, 6.45) is 9.35. The van der Waals surface area contributed by atoms with Gasteiger partial charge in [0.1, 0.15) is 0 Å². The van der Waals surface area contributed by atoms with Crippen LogP contribution in [0.4, 0.5) is 5.69 Å². The van der Waals surface area contributed by atoms with E-state index in [9.17, 15) is 4.79 Å². The molecular weight excluding hydrogens is 372 g/mol. The van der Waals surface area contributed by atoms with E-state index in [-0.39, 0.29) is 12.3 Å². The molecule has 1 N–H and O–H groups in total. The average molecular weight is 395 g/mol. The number of carbonyl (C=O) groups is 1. The molecule has 2 aromatic heterocycles. The molecule has 2 heterocycles. The Bertz CT molecular complexity index is 906. The third-order valence-corrected chi connectivity index (χ3v) is 6.06.